The van der Waals surface area contributed by atoms with Gasteiger partial charge < -0.3 is 9.88 Å². The smallest absolute Gasteiger partial charge is 0.223 e. The quantitative estimate of drug-likeness (QED) is 0.494. The van der Waals surface area contributed by atoms with E-state index in [1.807, 2.05) is 24.3 Å². The highest BCUT2D eigenvalue weighted by molar-refractivity contribution is 5.92. The zero-order valence-electron chi connectivity index (χ0n) is 15.6. The summed E-state index contributed by atoms with van der Waals surface area (Å²) in [5.74, 6) is 0.234. The van der Waals surface area contributed by atoms with Gasteiger partial charge in [-0.1, -0.05) is 78.9 Å². The number of amides is 1. The van der Waals surface area contributed by atoms with Crippen LogP contribution in [0.2, 0.25) is 0 Å². The molecule has 0 spiro atoms. The van der Waals surface area contributed by atoms with E-state index in [1.54, 1.807) is 0 Å². The van der Waals surface area contributed by atoms with E-state index in [2.05, 4.69) is 70.5 Å². The van der Waals surface area contributed by atoms with Gasteiger partial charge in [0, 0.05) is 29.4 Å². The van der Waals surface area contributed by atoms with Crippen molar-refractivity contribution in [1.82, 2.24) is 9.88 Å². The molecule has 3 nitrogen and oxygen atoms in total. The number of hydrogen-bond acceptors (Lipinski definition) is 1. The SMILES string of the molecule is O=C1CC[C@@H](c2c(-c3ccccc3)[nH]c3ccccc23)N1Cc1ccccc1. The molecule has 0 aliphatic carbocycles. The number of carbonyl (C=O) groups is 1. The Balaban J connectivity index is 1.64. The molecule has 3 aromatic carbocycles. The molecular weight excluding hydrogens is 344 g/mol. The minimum absolute atomic E-state index is 0.0825. The van der Waals surface area contributed by atoms with Gasteiger partial charge in [0.25, 0.3) is 0 Å². The van der Waals surface area contributed by atoms with Crippen molar-refractivity contribution in [2.75, 3.05) is 0 Å². The maximum absolute atomic E-state index is 12.8. The minimum Gasteiger partial charge on any atom is -0.354 e. The van der Waals surface area contributed by atoms with Crippen molar-refractivity contribution in [3.63, 3.8) is 0 Å². The summed E-state index contributed by atoms with van der Waals surface area (Å²) in [6.07, 6.45) is 1.46. The Morgan fingerprint density at radius 3 is 2.32 bits per heavy atom. The van der Waals surface area contributed by atoms with Crippen molar-refractivity contribution >= 4 is 16.8 Å². The number of para-hydroxylation sites is 1. The fourth-order valence-electron chi connectivity index (χ4n) is 4.35. The summed E-state index contributed by atoms with van der Waals surface area (Å²) in [4.78, 5) is 18.5. The molecule has 1 aromatic heterocycles. The first kappa shape index (κ1) is 16.8. The summed E-state index contributed by atoms with van der Waals surface area (Å²) in [5.41, 5.74) is 5.81. The van der Waals surface area contributed by atoms with E-state index in [9.17, 15) is 4.79 Å². The second kappa shape index (κ2) is 7.01. The third-order valence-electron chi connectivity index (χ3n) is 5.67. The van der Waals surface area contributed by atoms with Gasteiger partial charge in [-0.05, 0) is 23.6 Å². The molecule has 3 heteroatoms. The zero-order chi connectivity index (χ0) is 18.9. The number of hydrogen-bond donors (Lipinski definition) is 1. The Hall–Kier alpha value is -3.33. The largest absolute Gasteiger partial charge is 0.354 e. The highest BCUT2D eigenvalue weighted by Gasteiger charge is 2.35. The first-order valence-corrected chi connectivity index (χ1v) is 9.80. The number of rotatable bonds is 4. The topological polar surface area (TPSA) is 36.1 Å². The van der Waals surface area contributed by atoms with Crippen molar-refractivity contribution in [3.8, 4) is 11.3 Å². The molecule has 2 heterocycles. The van der Waals surface area contributed by atoms with Crippen LogP contribution in [0.3, 0.4) is 0 Å². The lowest BCUT2D eigenvalue weighted by molar-refractivity contribution is -0.129. The molecule has 1 aliphatic rings. The highest BCUT2D eigenvalue weighted by Crippen LogP contribution is 2.42. The van der Waals surface area contributed by atoms with Crippen molar-refractivity contribution in [3.05, 3.63) is 96.1 Å². The van der Waals surface area contributed by atoms with Gasteiger partial charge >= 0.3 is 0 Å². The Labute approximate surface area is 164 Å². The van der Waals surface area contributed by atoms with Gasteiger partial charge in [0.05, 0.1) is 11.7 Å². The molecule has 28 heavy (non-hydrogen) atoms. The van der Waals surface area contributed by atoms with Crippen LogP contribution in [0.15, 0.2) is 84.9 Å². The average Bonchev–Trinajstić information content (AvgIpc) is 3.30. The summed E-state index contributed by atoms with van der Waals surface area (Å²) >= 11 is 0. The van der Waals surface area contributed by atoms with E-state index in [4.69, 9.17) is 0 Å². The van der Waals surface area contributed by atoms with E-state index in [-0.39, 0.29) is 11.9 Å². The zero-order valence-corrected chi connectivity index (χ0v) is 15.6. The van der Waals surface area contributed by atoms with Gasteiger partial charge in [0.2, 0.25) is 5.91 Å². The van der Waals surface area contributed by atoms with E-state index in [0.29, 0.717) is 13.0 Å². The number of H-pyrrole nitrogens is 1. The summed E-state index contributed by atoms with van der Waals surface area (Å²) in [6, 6.07) is 29.2. The fourth-order valence-corrected chi connectivity index (χ4v) is 4.35. The summed E-state index contributed by atoms with van der Waals surface area (Å²) in [5, 5.41) is 1.21. The molecule has 1 fully saturated rings. The molecular formula is C25H22N2O. The summed E-state index contributed by atoms with van der Waals surface area (Å²) < 4.78 is 0. The Morgan fingerprint density at radius 1 is 0.857 bits per heavy atom. The van der Waals surface area contributed by atoms with Crippen LogP contribution in [0.25, 0.3) is 22.2 Å². The van der Waals surface area contributed by atoms with Gasteiger partial charge in [0.15, 0.2) is 0 Å². The second-order valence-electron chi connectivity index (χ2n) is 7.39. The maximum atomic E-state index is 12.8. The number of carbonyl (C=O) groups excluding carboxylic acids is 1. The predicted molar refractivity (Wildman–Crippen MR) is 113 cm³/mol. The minimum atomic E-state index is 0.0825. The van der Waals surface area contributed by atoms with Crippen LogP contribution in [0.1, 0.15) is 30.0 Å². The Bertz CT molecular complexity index is 1120. The molecule has 5 rings (SSSR count). The highest BCUT2D eigenvalue weighted by atomic mass is 16.2. The van der Waals surface area contributed by atoms with Crippen LogP contribution in [0, 0.1) is 0 Å². The van der Waals surface area contributed by atoms with Crippen molar-refractivity contribution in [1.29, 1.82) is 0 Å². The number of nitrogens with one attached hydrogen (secondary N) is 1. The molecule has 0 radical (unpaired) electrons. The molecule has 4 aromatic rings. The number of aromatic nitrogens is 1. The standard InChI is InChI=1S/C25H22N2O/c28-23-16-15-22(27(23)17-18-9-3-1-4-10-18)24-20-13-7-8-14-21(20)26-25(24)19-11-5-2-6-12-19/h1-14,22,26H,15-17H2/t22-/m0/s1. The van der Waals surface area contributed by atoms with Crippen LogP contribution in [0.4, 0.5) is 0 Å². The normalized spacial score (nSPS) is 16.8. The van der Waals surface area contributed by atoms with Gasteiger partial charge in [-0.2, -0.15) is 0 Å². The van der Waals surface area contributed by atoms with Gasteiger partial charge in [-0.3, -0.25) is 4.79 Å². The van der Waals surface area contributed by atoms with Crippen molar-refractivity contribution in [2.45, 2.75) is 25.4 Å². The number of likely N-dealkylation sites (tertiary alicyclic amines) is 1. The molecule has 1 amide bonds. The molecule has 0 bridgehead atoms. The molecule has 1 aliphatic heterocycles. The third-order valence-corrected chi connectivity index (χ3v) is 5.67. The average molecular weight is 366 g/mol. The first-order valence-electron chi connectivity index (χ1n) is 9.80. The molecule has 138 valence electrons. The number of aromatic amines is 1. The van der Waals surface area contributed by atoms with Gasteiger partial charge in [-0.25, -0.2) is 0 Å². The Kier molecular flexibility index (Phi) is 4.21. The van der Waals surface area contributed by atoms with Crippen LogP contribution >= 0.6 is 0 Å². The van der Waals surface area contributed by atoms with E-state index in [1.165, 1.54) is 16.5 Å². The Morgan fingerprint density at radius 2 is 1.54 bits per heavy atom. The van der Waals surface area contributed by atoms with Gasteiger partial charge in [0.1, 0.15) is 0 Å². The predicted octanol–water partition coefficient (Wildman–Crippen LogP) is 5.70. The molecule has 1 N–H and O–H groups in total. The van der Waals surface area contributed by atoms with E-state index < -0.39 is 0 Å². The summed E-state index contributed by atoms with van der Waals surface area (Å²) in [7, 11) is 0. The van der Waals surface area contributed by atoms with Crippen LogP contribution in [-0.2, 0) is 11.3 Å². The lowest BCUT2D eigenvalue weighted by Crippen LogP contribution is -2.27. The molecule has 1 saturated heterocycles. The van der Waals surface area contributed by atoms with Crippen LogP contribution in [-0.4, -0.2) is 15.8 Å². The van der Waals surface area contributed by atoms with Crippen molar-refractivity contribution < 1.29 is 4.79 Å². The maximum Gasteiger partial charge on any atom is 0.223 e. The van der Waals surface area contributed by atoms with E-state index >= 15 is 0 Å². The second-order valence-corrected chi connectivity index (χ2v) is 7.39. The fraction of sp³-hybridized carbons (Fsp3) is 0.160. The number of benzene rings is 3. The monoisotopic (exact) mass is 366 g/mol. The summed E-state index contributed by atoms with van der Waals surface area (Å²) in [6.45, 7) is 0.651. The van der Waals surface area contributed by atoms with Gasteiger partial charge in [-0.15, -0.1) is 0 Å². The molecule has 1 atom stereocenters. The molecule has 0 saturated carbocycles. The first-order chi connectivity index (χ1) is 13.8. The third kappa shape index (κ3) is 2.89. The number of fused-ring (bicyclic) bond motifs is 1. The van der Waals surface area contributed by atoms with Crippen molar-refractivity contribution in [2.24, 2.45) is 0 Å². The van der Waals surface area contributed by atoms with Crippen LogP contribution in [0.5, 0.6) is 0 Å². The lowest BCUT2D eigenvalue weighted by atomic mass is 9.97. The van der Waals surface area contributed by atoms with Crippen LogP contribution < -0.4 is 0 Å². The lowest BCUT2D eigenvalue weighted by Gasteiger charge is -2.26. The number of nitrogens with zero attached hydrogens (tertiary/aromatic N) is 1. The van der Waals surface area contributed by atoms with E-state index in [0.717, 1.165) is 23.2 Å². The molecule has 0 unspecified atom stereocenters.